The lowest BCUT2D eigenvalue weighted by Crippen LogP contribution is -2.33. The molecule has 0 spiro atoms. The summed E-state index contributed by atoms with van der Waals surface area (Å²) in [7, 11) is 1.59. The summed E-state index contributed by atoms with van der Waals surface area (Å²) in [4.78, 5) is 12.6. The molecule has 2 aromatic carbocycles. The number of para-hydroxylation sites is 1. The number of nitrogens with one attached hydrogen (secondary N) is 1. The van der Waals surface area contributed by atoms with Gasteiger partial charge in [0.2, 0.25) is 0 Å². The Morgan fingerprint density at radius 1 is 1.23 bits per heavy atom. The van der Waals surface area contributed by atoms with Gasteiger partial charge < -0.3 is 14.5 Å². The van der Waals surface area contributed by atoms with E-state index in [9.17, 15) is 4.79 Å². The Hall–Kier alpha value is -2.79. The summed E-state index contributed by atoms with van der Waals surface area (Å²) in [5, 5.41) is 7.30. The number of amides is 1. The predicted octanol–water partition coefficient (Wildman–Crippen LogP) is 5.02. The largest absolute Gasteiger partial charge is 0.493 e. The van der Waals surface area contributed by atoms with Gasteiger partial charge in [-0.3, -0.25) is 4.79 Å². The third kappa shape index (κ3) is 3.06. The summed E-state index contributed by atoms with van der Waals surface area (Å²) in [6, 6.07) is 15.7. The average molecular weight is 365 g/mol. The van der Waals surface area contributed by atoms with Crippen molar-refractivity contribution >= 4 is 38.3 Å². The summed E-state index contributed by atoms with van der Waals surface area (Å²) in [6.07, 6.45) is 0.777. The number of carbonyl (C=O) groups excluding carboxylic acids is 1. The number of thiophene rings is 1. The zero-order valence-electron chi connectivity index (χ0n) is 14.6. The summed E-state index contributed by atoms with van der Waals surface area (Å²) in [5.74, 6) is 0.709. The topological polar surface area (TPSA) is 51.5 Å². The Labute approximate surface area is 155 Å². The van der Waals surface area contributed by atoms with Crippen molar-refractivity contribution in [1.29, 1.82) is 0 Å². The van der Waals surface area contributed by atoms with Crippen LogP contribution in [0, 0.1) is 0 Å². The molecule has 4 nitrogen and oxygen atoms in total. The smallest absolute Gasteiger partial charge is 0.287 e. The highest BCUT2D eigenvalue weighted by molar-refractivity contribution is 7.17. The molecule has 4 rings (SSSR count). The number of hydrogen-bond donors (Lipinski definition) is 1. The van der Waals surface area contributed by atoms with E-state index in [0.29, 0.717) is 17.1 Å². The second kappa shape index (κ2) is 6.84. The van der Waals surface area contributed by atoms with Gasteiger partial charge >= 0.3 is 0 Å². The van der Waals surface area contributed by atoms with E-state index < -0.39 is 0 Å². The lowest BCUT2D eigenvalue weighted by atomic mass is 10.1. The van der Waals surface area contributed by atoms with E-state index >= 15 is 0 Å². The van der Waals surface area contributed by atoms with Gasteiger partial charge in [0.15, 0.2) is 17.1 Å². The second-order valence-electron chi connectivity index (χ2n) is 6.33. The number of rotatable bonds is 5. The molecule has 1 atom stereocenters. The fourth-order valence-electron chi connectivity index (χ4n) is 3.18. The van der Waals surface area contributed by atoms with Crippen LogP contribution in [-0.2, 0) is 6.42 Å². The quantitative estimate of drug-likeness (QED) is 0.540. The number of furan rings is 1. The highest BCUT2D eigenvalue weighted by Crippen LogP contribution is 2.29. The van der Waals surface area contributed by atoms with Crippen LogP contribution in [-0.4, -0.2) is 19.1 Å². The predicted molar refractivity (Wildman–Crippen MR) is 105 cm³/mol. The summed E-state index contributed by atoms with van der Waals surface area (Å²) < 4.78 is 12.3. The van der Waals surface area contributed by atoms with Crippen LogP contribution in [0.25, 0.3) is 21.1 Å². The zero-order valence-corrected chi connectivity index (χ0v) is 15.4. The molecule has 2 aromatic heterocycles. The van der Waals surface area contributed by atoms with E-state index in [0.717, 1.165) is 11.8 Å². The second-order valence-corrected chi connectivity index (χ2v) is 7.24. The molecule has 0 saturated heterocycles. The minimum Gasteiger partial charge on any atom is -0.493 e. The molecule has 0 fully saturated rings. The van der Waals surface area contributed by atoms with Crippen molar-refractivity contribution in [2.45, 2.75) is 19.4 Å². The van der Waals surface area contributed by atoms with Crippen molar-refractivity contribution in [3.05, 3.63) is 65.2 Å². The highest BCUT2D eigenvalue weighted by atomic mass is 32.1. The van der Waals surface area contributed by atoms with Gasteiger partial charge in [-0.05, 0) is 47.9 Å². The molecule has 0 saturated carbocycles. The van der Waals surface area contributed by atoms with Crippen LogP contribution in [0.1, 0.15) is 23.0 Å². The standard InChI is InChI=1S/C21H19NO3S/c1-13(10-15-12-26-19-9-4-3-7-16(15)19)22-21(23)18-11-14-6-5-8-17(24-2)20(14)25-18/h3-9,11-13H,10H2,1-2H3,(H,22,23)/t13-/m1/s1. The Balaban J connectivity index is 1.51. The number of hydrogen-bond acceptors (Lipinski definition) is 4. The van der Waals surface area contributed by atoms with Crippen molar-refractivity contribution in [3.63, 3.8) is 0 Å². The zero-order chi connectivity index (χ0) is 18.1. The third-order valence-corrected chi connectivity index (χ3v) is 5.43. The minimum absolute atomic E-state index is 0.00406. The van der Waals surface area contributed by atoms with Crippen molar-refractivity contribution in [3.8, 4) is 5.75 Å². The van der Waals surface area contributed by atoms with Crippen LogP contribution >= 0.6 is 11.3 Å². The first kappa shape index (κ1) is 16.7. The van der Waals surface area contributed by atoms with Crippen molar-refractivity contribution < 1.29 is 13.9 Å². The van der Waals surface area contributed by atoms with Gasteiger partial charge in [0.1, 0.15) is 0 Å². The fraction of sp³-hybridized carbons (Fsp3) is 0.190. The summed E-state index contributed by atoms with van der Waals surface area (Å²) in [5.41, 5.74) is 1.85. The van der Waals surface area contributed by atoms with Crippen LogP contribution in [0.4, 0.5) is 0 Å². The van der Waals surface area contributed by atoms with Gasteiger partial charge in [-0.2, -0.15) is 0 Å². The lowest BCUT2D eigenvalue weighted by molar-refractivity contribution is 0.0914. The molecule has 5 heteroatoms. The molecule has 0 bridgehead atoms. The average Bonchev–Trinajstić information content (AvgIpc) is 3.26. The number of fused-ring (bicyclic) bond motifs is 2. The summed E-state index contributed by atoms with van der Waals surface area (Å²) in [6.45, 7) is 2.01. The van der Waals surface area contributed by atoms with Gasteiger partial charge in [-0.1, -0.05) is 30.3 Å². The first-order valence-electron chi connectivity index (χ1n) is 8.48. The Kier molecular flexibility index (Phi) is 4.39. The molecule has 4 aromatic rings. The molecule has 26 heavy (non-hydrogen) atoms. The number of carbonyl (C=O) groups is 1. The molecule has 0 aliphatic carbocycles. The van der Waals surface area contributed by atoms with Crippen LogP contribution in [0.5, 0.6) is 5.75 Å². The maximum Gasteiger partial charge on any atom is 0.287 e. The highest BCUT2D eigenvalue weighted by Gasteiger charge is 2.17. The Morgan fingerprint density at radius 2 is 2.08 bits per heavy atom. The van der Waals surface area contributed by atoms with Gasteiger partial charge in [0.05, 0.1) is 7.11 Å². The first-order valence-corrected chi connectivity index (χ1v) is 9.36. The molecule has 1 N–H and O–H groups in total. The molecule has 0 radical (unpaired) electrons. The molecule has 1 amide bonds. The van der Waals surface area contributed by atoms with Crippen LogP contribution < -0.4 is 10.1 Å². The minimum atomic E-state index is -0.213. The SMILES string of the molecule is COc1cccc2cc(C(=O)N[C@H](C)Cc3csc4ccccc34)oc12. The van der Waals surface area contributed by atoms with E-state index in [1.807, 2.05) is 37.3 Å². The maximum atomic E-state index is 12.6. The van der Waals surface area contributed by atoms with Gasteiger partial charge in [-0.25, -0.2) is 0 Å². The Bertz CT molecular complexity index is 1080. The van der Waals surface area contributed by atoms with Gasteiger partial charge in [0.25, 0.3) is 5.91 Å². The monoisotopic (exact) mass is 365 g/mol. The van der Waals surface area contributed by atoms with E-state index in [1.54, 1.807) is 24.5 Å². The van der Waals surface area contributed by atoms with Crippen LogP contribution in [0.3, 0.4) is 0 Å². The molecule has 0 aliphatic rings. The van der Waals surface area contributed by atoms with Crippen LogP contribution in [0.2, 0.25) is 0 Å². The molecule has 132 valence electrons. The molecule has 0 aliphatic heterocycles. The van der Waals surface area contributed by atoms with E-state index in [4.69, 9.17) is 9.15 Å². The summed E-state index contributed by atoms with van der Waals surface area (Å²) >= 11 is 1.73. The third-order valence-electron chi connectivity index (χ3n) is 4.42. The van der Waals surface area contributed by atoms with Crippen molar-refractivity contribution in [2.75, 3.05) is 7.11 Å². The van der Waals surface area contributed by atoms with Crippen molar-refractivity contribution in [2.24, 2.45) is 0 Å². The van der Waals surface area contributed by atoms with E-state index in [1.165, 1.54) is 15.6 Å². The number of methoxy groups -OCH3 is 1. The van der Waals surface area contributed by atoms with Gasteiger partial charge in [-0.15, -0.1) is 11.3 Å². The van der Waals surface area contributed by atoms with Crippen molar-refractivity contribution in [1.82, 2.24) is 5.32 Å². The van der Waals surface area contributed by atoms with Gasteiger partial charge in [0, 0.05) is 16.1 Å². The van der Waals surface area contributed by atoms with Crippen LogP contribution in [0.15, 0.2) is 58.3 Å². The maximum absolute atomic E-state index is 12.6. The molecular weight excluding hydrogens is 346 g/mol. The first-order chi connectivity index (χ1) is 12.7. The number of benzene rings is 2. The normalized spacial score (nSPS) is 12.4. The number of ether oxygens (including phenoxy) is 1. The lowest BCUT2D eigenvalue weighted by Gasteiger charge is -2.12. The fourth-order valence-corrected chi connectivity index (χ4v) is 4.15. The molecular formula is C21H19NO3S. The molecule has 0 unspecified atom stereocenters. The van der Waals surface area contributed by atoms with E-state index in [-0.39, 0.29) is 11.9 Å². The molecule has 2 heterocycles. The Morgan fingerprint density at radius 3 is 2.92 bits per heavy atom. The van der Waals surface area contributed by atoms with E-state index in [2.05, 4.69) is 22.8 Å².